The molecule has 5 heteroatoms. The van der Waals surface area contributed by atoms with Crippen LogP contribution in [0, 0.1) is 5.92 Å². The van der Waals surface area contributed by atoms with Crippen molar-refractivity contribution in [3.05, 3.63) is 11.9 Å². The number of hydrogen-bond acceptors (Lipinski definition) is 3. The molecule has 1 heterocycles. The molecule has 0 aromatic heterocycles. The zero-order chi connectivity index (χ0) is 12.8. The zero-order valence-electron chi connectivity index (χ0n) is 11.2. The van der Waals surface area contributed by atoms with E-state index in [2.05, 4.69) is 42.2 Å². The van der Waals surface area contributed by atoms with Crippen LogP contribution in [0.15, 0.2) is 16.9 Å². The standard InChI is InChI=1S/C12H23BN3P/c1-10(2)12(8-14-3)15(4)9-11-6-5-7-16(11)17-13/h8,10-11,17H,3,5-7,9H2,1-2,4H3/b12-8-. The molecule has 0 spiro atoms. The van der Waals surface area contributed by atoms with Gasteiger partial charge in [-0.05, 0) is 25.5 Å². The Bertz CT molecular complexity index is 281. The van der Waals surface area contributed by atoms with Crippen molar-refractivity contribution >= 4 is 22.9 Å². The van der Waals surface area contributed by atoms with Crippen LogP contribution < -0.4 is 0 Å². The van der Waals surface area contributed by atoms with Gasteiger partial charge >= 0.3 is 0 Å². The number of rotatable bonds is 6. The summed E-state index contributed by atoms with van der Waals surface area (Å²) in [6, 6.07) is 0.593. The smallest absolute Gasteiger partial charge is 0.126 e. The van der Waals surface area contributed by atoms with E-state index in [1.807, 2.05) is 6.20 Å². The van der Waals surface area contributed by atoms with Crippen molar-refractivity contribution in [2.24, 2.45) is 10.9 Å². The summed E-state index contributed by atoms with van der Waals surface area (Å²) in [5.41, 5.74) is 1.24. The SMILES string of the molecule is [B]PN1CCCC1CN(C)/C(=C\N=C)C(C)C. The molecule has 1 saturated heterocycles. The molecule has 0 amide bonds. The lowest BCUT2D eigenvalue weighted by Gasteiger charge is -2.31. The summed E-state index contributed by atoms with van der Waals surface area (Å²) >= 11 is 0. The van der Waals surface area contributed by atoms with Gasteiger partial charge < -0.3 is 4.90 Å². The zero-order valence-corrected chi connectivity index (χ0v) is 12.2. The van der Waals surface area contributed by atoms with Gasteiger partial charge in [-0.25, -0.2) is 0 Å². The second kappa shape index (κ2) is 7.18. The average Bonchev–Trinajstić information content (AvgIpc) is 2.72. The summed E-state index contributed by atoms with van der Waals surface area (Å²) in [4.78, 5) is 6.20. The van der Waals surface area contributed by atoms with Crippen LogP contribution in [-0.2, 0) is 0 Å². The third-order valence-electron chi connectivity index (χ3n) is 3.28. The Balaban J connectivity index is 2.60. The molecule has 1 aliphatic heterocycles. The Hall–Kier alpha value is -0.335. The molecule has 1 fully saturated rings. The topological polar surface area (TPSA) is 18.8 Å². The van der Waals surface area contributed by atoms with Crippen LogP contribution in [0.2, 0.25) is 0 Å². The maximum Gasteiger partial charge on any atom is 0.126 e. The summed E-state index contributed by atoms with van der Waals surface area (Å²) in [7, 11) is 8.35. The predicted molar refractivity (Wildman–Crippen MR) is 78.9 cm³/mol. The molecule has 0 bridgehead atoms. The number of aliphatic imine (C=N–C) groups is 1. The van der Waals surface area contributed by atoms with E-state index in [1.165, 1.54) is 18.5 Å². The van der Waals surface area contributed by atoms with Gasteiger partial charge in [-0.15, -0.1) is 8.61 Å². The highest BCUT2D eigenvalue weighted by Gasteiger charge is 2.24. The van der Waals surface area contributed by atoms with Gasteiger partial charge in [-0.2, -0.15) is 0 Å². The van der Waals surface area contributed by atoms with Crippen LogP contribution >= 0.6 is 8.61 Å². The number of allylic oxidation sites excluding steroid dienone is 1. The second-order valence-electron chi connectivity index (χ2n) is 4.89. The minimum absolute atomic E-state index is 0.432. The molecule has 17 heavy (non-hydrogen) atoms. The molecule has 94 valence electrons. The molecule has 1 aliphatic rings. The Labute approximate surface area is 109 Å². The summed E-state index contributed by atoms with van der Waals surface area (Å²) in [5.74, 6) is 0.473. The minimum Gasteiger partial charge on any atom is -0.375 e. The molecule has 2 radical (unpaired) electrons. The van der Waals surface area contributed by atoms with E-state index >= 15 is 0 Å². The van der Waals surface area contributed by atoms with Crippen molar-refractivity contribution in [1.82, 2.24) is 9.57 Å². The largest absolute Gasteiger partial charge is 0.375 e. The fourth-order valence-electron chi connectivity index (χ4n) is 2.40. The lowest BCUT2D eigenvalue weighted by molar-refractivity contribution is 0.291. The molecular weight excluding hydrogens is 228 g/mol. The second-order valence-corrected chi connectivity index (χ2v) is 5.72. The van der Waals surface area contributed by atoms with Crippen molar-refractivity contribution in [3.63, 3.8) is 0 Å². The van der Waals surface area contributed by atoms with E-state index in [4.69, 9.17) is 7.57 Å². The fraction of sp³-hybridized carbons (Fsp3) is 0.750. The third-order valence-corrected chi connectivity index (χ3v) is 4.20. The Morgan fingerprint density at radius 2 is 2.41 bits per heavy atom. The average molecular weight is 251 g/mol. The van der Waals surface area contributed by atoms with Crippen LogP contribution in [0.4, 0.5) is 0 Å². The maximum atomic E-state index is 5.79. The first-order chi connectivity index (χ1) is 8.10. The first kappa shape index (κ1) is 14.7. The van der Waals surface area contributed by atoms with Crippen molar-refractivity contribution in [2.45, 2.75) is 32.7 Å². The van der Waals surface area contributed by atoms with E-state index in [0.29, 0.717) is 20.6 Å². The van der Waals surface area contributed by atoms with Gasteiger partial charge in [-0.3, -0.25) is 9.66 Å². The molecule has 1 rings (SSSR count). The van der Waals surface area contributed by atoms with Gasteiger partial charge in [0, 0.05) is 38.1 Å². The first-order valence-electron chi connectivity index (χ1n) is 6.20. The molecule has 0 N–H and O–H groups in total. The predicted octanol–water partition coefficient (Wildman–Crippen LogP) is 2.26. The number of hydrogen-bond donors (Lipinski definition) is 0. The molecule has 3 nitrogen and oxygen atoms in total. The summed E-state index contributed by atoms with van der Waals surface area (Å²) in [6.07, 6.45) is 4.39. The van der Waals surface area contributed by atoms with Crippen molar-refractivity contribution in [2.75, 3.05) is 20.1 Å². The van der Waals surface area contributed by atoms with Crippen molar-refractivity contribution < 1.29 is 0 Å². The van der Waals surface area contributed by atoms with Crippen LogP contribution in [0.1, 0.15) is 26.7 Å². The lowest BCUT2D eigenvalue weighted by Crippen LogP contribution is -2.35. The fourth-order valence-corrected chi connectivity index (χ4v) is 3.11. The highest BCUT2D eigenvalue weighted by Crippen LogP contribution is 2.28. The third kappa shape index (κ3) is 4.11. The summed E-state index contributed by atoms with van der Waals surface area (Å²) in [6.45, 7) is 10.1. The summed E-state index contributed by atoms with van der Waals surface area (Å²) < 4.78 is 2.38. The molecule has 0 aliphatic carbocycles. The van der Waals surface area contributed by atoms with Gasteiger partial charge in [0.25, 0.3) is 0 Å². The van der Waals surface area contributed by atoms with Crippen LogP contribution in [0.5, 0.6) is 0 Å². The Kier molecular flexibility index (Phi) is 6.22. The van der Waals surface area contributed by atoms with E-state index in [-0.39, 0.29) is 0 Å². The van der Waals surface area contributed by atoms with Crippen LogP contribution in [-0.4, -0.2) is 50.0 Å². The monoisotopic (exact) mass is 251 g/mol. The van der Waals surface area contributed by atoms with E-state index in [9.17, 15) is 0 Å². The van der Waals surface area contributed by atoms with Crippen molar-refractivity contribution in [3.8, 4) is 0 Å². The van der Waals surface area contributed by atoms with E-state index < -0.39 is 0 Å². The maximum absolute atomic E-state index is 5.79. The normalized spacial score (nSPS) is 22.8. The van der Waals surface area contributed by atoms with Gasteiger partial charge in [0.05, 0.1) is 0 Å². The van der Waals surface area contributed by atoms with Gasteiger partial charge in [0.1, 0.15) is 7.57 Å². The molecule has 0 aromatic carbocycles. The quantitative estimate of drug-likeness (QED) is 0.409. The van der Waals surface area contributed by atoms with E-state index in [0.717, 1.165) is 13.1 Å². The van der Waals surface area contributed by atoms with Crippen LogP contribution in [0.3, 0.4) is 0 Å². The minimum atomic E-state index is 0.432. The number of nitrogens with zero attached hydrogens (tertiary/aromatic N) is 3. The Morgan fingerprint density at radius 1 is 1.71 bits per heavy atom. The molecular formula is C12H23BN3P. The number of likely N-dealkylation sites (N-methyl/N-ethyl adjacent to an activating group) is 1. The molecule has 2 unspecified atom stereocenters. The van der Waals surface area contributed by atoms with E-state index in [1.54, 1.807) is 0 Å². The Morgan fingerprint density at radius 3 is 2.94 bits per heavy atom. The lowest BCUT2D eigenvalue weighted by atomic mass is 10.1. The first-order valence-corrected chi connectivity index (χ1v) is 7.22. The van der Waals surface area contributed by atoms with Gasteiger partial charge in [0.2, 0.25) is 0 Å². The summed E-state index contributed by atoms with van der Waals surface area (Å²) in [5, 5.41) is 0. The van der Waals surface area contributed by atoms with Crippen LogP contribution in [0.25, 0.3) is 0 Å². The molecule has 2 atom stereocenters. The molecule has 0 aromatic rings. The highest BCUT2D eigenvalue weighted by atomic mass is 31.1. The van der Waals surface area contributed by atoms with Gasteiger partial charge in [0.15, 0.2) is 0 Å². The highest BCUT2D eigenvalue weighted by molar-refractivity contribution is 7.64. The molecule has 0 saturated carbocycles. The van der Waals surface area contributed by atoms with Gasteiger partial charge in [-0.1, -0.05) is 13.8 Å². The van der Waals surface area contributed by atoms with Crippen molar-refractivity contribution in [1.29, 1.82) is 0 Å².